The van der Waals surface area contributed by atoms with Crippen LogP contribution in [0.25, 0.3) is 11.0 Å². The van der Waals surface area contributed by atoms with Crippen LogP contribution in [0, 0.1) is 5.92 Å². The summed E-state index contributed by atoms with van der Waals surface area (Å²) in [7, 11) is 0. The topological polar surface area (TPSA) is 84.2 Å². The van der Waals surface area contributed by atoms with E-state index in [0.29, 0.717) is 6.42 Å². The first kappa shape index (κ1) is 18.8. The molecule has 6 nitrogen and oxygen atoms in total. The van der Waals surface area contributed by atoms with Crippen molar-refractivity contribution in [2.24, 2.45) is 5.92 Å². The lowest BCUT2D eigenvalue weighted by atomic mass is 9.99. The number of aliphatic carboxylic acids is 1. The third kappa shape index (κ3) is 4.09. The first-order chi connectivity index (χ1) is 11.6. The number of amides is 1. The Balaban J connectivity index is 2.33. The van der Waals surface area contributed by atoms with Crippen molar-refractivity contribution >= 4 is 22.9 Å². The van der Waals surface area contributed by atoms with E-state index in [1.165, 1.54) is 18.2 Å². The molecule has 1 amide bonds. The molecule has 0 radical (unpaired) electrons. The molecule has 1 heterocycles. The van der Waals surface area contributed by atoms with E-state index in [1.807, 2.05) is 0 Å². The Hall–Kier alpha value is -2.58. The molecule has 0 bridgehead atoms. The van der Waals surface area contributed by atoms with Crippen LogP contribution >= 0.6 is 0 Å². The van der Waals surface area contributed by atoms with Gasteiger partial charge in [-0.2, -0.15) is 13.2 Å². The molecular weight excluding hydrogens is 339 g/mol. The van der Waals surface area contributed by atoms with Crippen molar-refractivity contribution in [2.75, 3.05) is 0 Å². The average Bonchev–Trinajstić information content (AvgIpc) is 2.90. The number of para-hydroxylation sites is 2. The fourth-order valence-corrected chi connectivity index (χ4v) is 2.50. The highest BCUT2D eigenvalue weighted by Gasteiger charge is 2.38. The SMILES string of the molecule is CCC(C)C(NC(=O)Cn1c(C(F)(F)F)nc2ccccc21)C(=O)O. The minimum atomic E-state index is -4.73. The smallest absolute Gasteiger partial charge is 0.449 e. The van der Waals surface area contributed by atoms with Gasteiger partial charge in [0.1, 0.15) is 12.6 Å². The number of halogens is 3. The maximum atomic E-state index is 13.2. The van der Waals surface area contributed by atoms with Crippen molar-refractivity contribution in [3.05, 3.63) is 30.1 Å². The lowest BCUT2D eigenvalue weighted by Gasteiger charge is -2.20. The van der Waals surface area contributed by atoms with E-state index in [1.54, 1.807) is 19.9 Å². The third-order valence-electron chi connectivity index (χ3n) is 4.01. The summed E-state index contributed by atoms with van der Waals surface area (Å²) >= 11 is 0. The van der Waals surface area contributed by atoms with Crippen LogP contribution in [0.15, 0.2) is 24.3 Å². The number of carbonyl (C=O) groups excluding carboxylic acids is 1. The Morgan fingerprint density at radius 1 is 1.32 bits per heavy atom. The molecule has 2 atom stereocenters. The Bertz CT molecular complexity index is 786. The fraction of sp³-hybridized carbons (Fsp3) is 0.438. The van der Waals surface area contributed by atoms with E-state index < -0.39 is 36.5 Å². The predicted octanol–water partition coefficient (Wildman–Crippen LogP) is 2.67. The molecule has 2 rings (SSSR count). The molecular formula is C16H18F3N3O3. The van der Waals surface area contributed by atoms with E-state index in [0.717, 1.165) is 4.57 Å². The maximum Gasteiger partial charge on any atom is 0.449 e. The molecule has 25 heavy (non-hydrogen) atoms. The van der Waals surface area contributed by atoms with Crippen molar-refractivity contribution in [1.82, 2.24) is 14.9 Å². The molecule has 0 aliphatic rings. The predicted molar refractivity (Wildman–Crippen MR) is 83.8 cm³/mol. The molecule has 2 aromatic rings. The lowest BCUT2D eigenvalue weighted by molar-refractivity contribution is -0.148. The second kappa shape index (κ2) is 7.12. The summed E-state index contributed by atoms with van der Waals surface area (Å²) < 4.78 is 40.4. The molecule has 136 valence electrons. The van der Waals surface area contributed by atoms with E-state index in [9.17, 15) is 27.9 Å². The van der Waals surface area contributed by atoms with Gasteiger partial charge in [-0.15, -0.1) is 0 Å². The molecule has 9 heteroatoms. The van der Waals surface area contributed by atoms with E-state index >= 15 is 0 Å². The van der Waals surface area contributed by atoms with Gasteiger partial charge in [-0.05, 0) is 18.1 Å². The van der Waals surface area contributed by atoms with Gasteiger partial charge in [-0.1, -0.05) is 32.4 Å². The zero-order valence-corrected chi connectivity index (χ0v) is 13.7. The summed E-state index contributed by atoms with van der Waals surface area (Å²) in [4.78, 5) is 27.0. The van der Waals surface area contributed by atoms with Gasteiger partial charge in [0.25, 0.3) is 0 Å². The molecule has 1 aromatic carbocycles. The number of carboxylic acids is 1. The van der Waals surface area contributed by atoms with Gasteiger partial charge in [0.2, 0.25) is 11.7 Å². The van der Waals surface area contributed by atoms with Crippen LogP contribution in [-0.4, -0.2) is 32.6 Å². The summed E-state index contributed by atoms with van der Waals surface area (Å²) in [6, 6.07) is 4.76. The number of benzene rings is 1. The highest BCUT2D eigenvalue weighted by molar-refractivity contribution is 5.85. The van der Waals surface area contributed by atoms with E-state index in [-0.39, 0.29) is 17.0 Å². The van der Waals surface area contributed by atoms with Gasteiger partial charge < -0.3 is 15.0 Å². The Labute approximate surface area is 141 Å². The Morgan fingerprint density at radius 2 is 1.96 bits per heavy atom. The number of imidazole rings is 1. The van der Waals surface area contributed by atoms with Crippen LogP contribution in [0.4, 0.5) is 13.2 Å². The molecule has 0 aliphatic carbocycles. The molecule has 2 N–H and O–H groups in total. The van der Waals surface area contributed by atoms with Gasteiger partial charge in [-0.3, -0.25) is 4.79 Å². The largest absolute Gasteiger partial charge is 0.480 e. The number of carbonyl (C=O) groups is 2. The van der Waals surface area contributed by atoms with E-state index in [4.69, 9.17) is 0 Å². The van der Waals surface area contributed by atoms with Crippen LogP contribution in [0.5, 0.6) is 0 Å². The molecule has 2 unspecified atom stereocenters. The minimum Gasteiger partial charge on any atom is -0.480 e. The number of nitrogens with zero attached hydrogens (tertiary/aromatic N) is 2. The summed E-state index contributed by atoms with van der Waals surface area (Å²) in [5, 5.41) is 11.5. The molecule has 0 saturated heterocycles. The van der Waals surface area contributed by atoms with Gasteiger partial charge >= 0.3 is 12.1 Å². The van der Waals surface area contributed by atoms with Crippen LogP contribution in [0.1, 0.15) is 26.1 Å². The van der Waals surface area contributed by atoms with Gasteiger partial charge in [-0.25, -0.2) is 9.78 Å². The number of aromatic nitrogens is 2. The van der Waals surface area contributed by atoms with Gasteiger partial charge in [0.05, 0.1) is 11.0 Å². The quantitative estimate of drug-likeness (QED) is 0.832. The van der Waals surface area contributed by atoms with Gasteiger partial charge in [0, 0.05) is 0 Å². The van der Waals surface area contributed by atoms with Crippen LogP contribution in [0.2, 0.25) is 0 Å². The number of hydrogen-bond acceptors (Lipinski definition) is 3. The number of nitrogens with one attached hydrogen (secondary N) is 1. The van der Waals surface area contributed by atoms with Crippen molar-refractivity contribution in [2.45, 2.75) is 39.0 Å². The zero-order chi connectivity index (χ0) is 18.8. The fourth-order valence-electron chi connectivity index (χ4n) is 2.50. The number of alkyl halides is 3. The standard InChI is InChI=1S/C16H18F3N3O3/c1-3-9(2)13(14(24)25)21-12(23)8-22-11-7-5-4-6-10(11)20-15(22)16(17,18)19/h4-7,9,13H,3,8H2,1-2H3,(H,21,23)(H,24,25). The van der Waals surface area contributed by atoms with Crippen molar-refractivity contribution in [1.29, 1.82) is 0 Å². The first-order valence-corrected chi connectivity index (χ1v) is 7.69. The maximum absolute atomic E-state index is 13.2. The lowest BCUT2D eigenvalue weighted by Crippen LogP contribution is -2.46. The highest BCUT2D eigenvalue weighted by atomic mass is 19.4. The normalized spacial score (nSPS) is 14.3. The Kier molecular flexibility index (Phi) is 5.34. The monoisotopic (exact) mass is 357 g/mol. The number of rotatable bonds is 6. The molecule has 0 spiro atoms. The molecule has 0 aliphatic heterocycles. The summed E-state index contributed by atoms with van der Waals surface area (Å²) in [5.74, 6) is -3.60. The van der Waals surface area contributed by atoms with E-state index in [2.05, 4.69) is 10.3 Å². The van der Waals surface area contributed by atoms with Gasteiger partial charge in [0.15, 0.2) is 0 Å². The van der Waals surface area contributed by atoms with Crippen molar-refractivity contribution in [3.63, 3.8) is 0 Å². The minimum absolute atomic E-state index is 0.110. The first-order valence-electron chi connectivity index (χ1n) is 7.69. The Morgan fingerprint density at radius 3 is 2.52 bits per heavy atom. The van der Waals surface area contributed by atoms with Crippen molar-refractivity contribution < 1.29 is 27.9 Å². The molecule has 0 saturated carbocycles. The van der Waals surface area contributed by atoms with Crippen LogP contribution in [-0.2, 0) is 22.3 Å². The summed E-state index contributed by atoms with van der Waals surface area (Å²) in [6.45, 7) is 2.74. The highest BCUT2D eigenvalue weighted by Crippen LogP contribution is 2.31. The summed E-state index contributed by atoms with van der Waals surface area (Å²) in [6.07, 6.45) is -4.23. The number of hydrogen-bond donors (Lipinski definition) is 2. The second-order valence-electron chi connectivity index (χ2n) is 5.78. The van der Waals surface area contributed by atoms with Crippen LogP contribution in [0.3, 0.4) is 0 Å². The third-order valence-corrected chi connectivity index (χ3v) is 4.01. The average molecular weight is 357 g/mol. The second-order valence-corrected chi connectivity index (χ2v) is 5.78. The number of carboxylic acid groups (broad SMARTS) is 1. The van der Waals surface area contributed by atoms with Crippen LogP contribution < -0.4 is 5.32 Å². The molecule has 0 fully saturated rings. The summed E-state index contributed by atoms with van der Waals surface area (Å²) in [5.41, 5.74) is 0.264. The van der Waals surface area contributed by atoms with Crippen molar-refractivity contribution in [3.8, 4) is 0 Å². The zero-order valence-electron chi connectivity index (χ0n) is 13.7. The molecule has 1 aromatic heterocycles. The number of fused-ring (bicyclic) bond motifs is 1.